The van der Waals surface area contributed by atoms with Crippen LogP contribution in [0.4, 0.5) is 5.95 Å². The van der Waals surface area contributed by atoms with Crippen molar-refractivity contribution in [3.63, 3.8) is 0 Å². The lowest BCUT2D eigenvalue weighted by atomic mass is 10.1. The number of amides is 1. The number of hydrogen-bond donors (Lipinski definition) is 1. The van der Waals surface area contributed by atoms with Gasteiger partial charge in [-0.3, -0.25) is 19.7 Å². The molecule has 1 aromatic heterocycles. The second-order valence-electron chi connectivity index (χ2n) is 5.47. The van der Waals surface area contributed by atoms with Gasteiger partial charge in [-0.2, -0.15) is 0 Å². The maximum absolute atomic E-state index is 12.3. The summed E-state index contributed by atoms with van der Waals surface area (Å²) in [4.78, 5) is 18.5. The van der Waals surface area contributed by atoms with Gasteiger partial charge in [0.25, 0.3) is 5.91 Å². The van der Waals surface area contributed by atoms with Crippen LogP contribution >= 0.6 is 0 Å². The molecule has 2 rings (SSSR count). The van der Waals surface area contributed by atoms with E-state index in [0.717, 1.165) is 31.6 Å². The SMILES string of the molecule is C=CCN(C)Cc1cccc(C(=O)Nc2ncn(CCC)n2)c1. The number of carbonyl (C=O) groups excluding carboxylic acids is 1. The van der Waals surface area contributed by atoms with Crippen LogP contribution in [0.25, 0.3) is 0 Å². The Morgan fingerprint density at radius 3 is 3.04 bits per heavy atom. The monoisotopic (exact) mass is 313 g/mol. The number of aryl methyl sites for hydroxylation is 1. The summed E-state index contributed by atoms with van der Waals surface area (Å²) in [5.41, 5.74) is 1.67. The van der Waals surface area contributed by atoms with E-state index in [1.165, 1.54) is 0 Å². The van der Waals surface area contributed by atoms with E-state index < -0.39 is 0 Å². The van der Waals surface area contributed by atoms with Crippen molar-refractivity contribution >= 4 is 11.9 Å². The van der Waals surface area contributed by atoms with Gasteiger partial charge >= 0.3 is 0 Å². The maximum atomic E-state index is 12.3. The largest absolute Gasteiger partial charge is 0.298 e. The van der Waals surface area contributed by atoms with Gasteiger partial charge in [-0.25, -0.2) is 4.98 Å². The van der Waals surface area contributed by atoms with Crippen LogP contribution in [-0.2, 0) is 13.1 Å². The van der Waals surface area contributed by atoms with Crippen LogP contribution in [0.2, 0.25) is 0 Å². The number of hydrogen-bond acceptors (Lipinski definition) is 4. The van der Waals surface area contributed by atoms with Gasteiger partial charge in [0, 0.05) is 25.2 Å². The topological polar surface area (TPSA) is 63.1 Å². The number of aromatic nitrogens is 3. The lowest BCUT2D eigenvalue weighted by Gasteiger charge is -2.14. The Labute approximate surface area is 136 Å². The smallest absolute Gasteiger partial charge is 0.258 e. The van der Waals surface area contributed by atoms with Crippen molar-refractivity contribution in [2.75, 3.05) is 18.9 Å². The normalized spacial score (nSPS) is 10.7. The molecule has 1 amide bonds. The molecule has 122 valence electrons. The van der Waals surface area contributed by atoms with Gasteiger partial charge in [0.05, 0.1) is 0 Å². The van der Waals surface area contributed by atoms with Crippen molar-refractivity contribution < 1.29 is 4.79 Å². The van der Waals surface area contributed by atoms with Crippen LogP contribution in [0.1, 0.15) is 29.3 Å². The molecule has 0 aliphatic carbocycles. The molecule has 0 unspecified atom stereocenters. The first-order valence-electron chi connectivity index (χ1n) is 7.71. The minimum absolute atomic E-state index is 0.201. The molecule has 0 fully saturated rings. The Morgan fingerprint density at radius 2 is 2.30 bits per heavy atom. The van der Waals surface area contributed by atoms with Gasteiger partial charge in [-0.05, 0) is 31.2 Å². The van der Waals surface area contributed by atoms with Crippen LogP contribution in [0.15, 0.2) is 43.2 Å². The van der Waals surface area contributed by atoms with Gasteiger partial charge in [-0.15, -0.1) is 11.7 Å². The van der Waals surface area contributed by atoms with E-state index in [4.69, 9.17) is 0 Å². The molecule has 0 atom stereocenters. The molecule has 6 nitrogen and oxygen atoms in total. The summed E-state index contributed by atoms with van der Waals surface area (Å²) in [5.74, 6) is 0.130. The zero-order valence-electron chi connectivity index (χ0n) is 13.7. The van der Waals surface area contributed by atoms with E-state index in [-0.39, 0.29) is 5.91 Å². The van der Waals surface area contributed by atoms with Gasteiger partial charge < -0.3 is 0 Å². The molecule has 1 aromatic carbocycles. The van der Waals surface area contributed by atoms with Gasteiger partial charge in [0.1, 0.15) is 6.33 Å². The molecule has 0 aliphatic heterocycles. The number of likely N-dealkylation sites (N-methyl/N-ethyl adjacent to an activating group) is 1. The second kappa shape index (κ2) is 8.24. The molecule has 2 aromatic rings. The van der Waals surface area contributed by atoms with Crippen LogP contribution in [-0.4, -0.2) is 39.2 Å². The zero-order valence-corrected chi connectivity index (χ0v) is 13.7. The molecule has 1 heterocycles. The van der Waals surface area contributed by atoms with Crippen LogP contribution < -0.4 is 5.32 Å². The Hall–Kier alpha value is -2.47. The van der Waals surface area contributed by atoms with Gasteiger partial charge in [0.2, 0.25) is 5.95 Å². The molecule has 0 radical (unpaired) electrons. The Morgan fingerprint density at radius 1 is 1.48 bits per heavy atom. The summed E-state index contributed by atoms with van der Waals surface area (Å²) >= 11 is 0. The summed E-state index contributed by atoms with van der Waals surface area (Å²) in [6.07, 6.45) is 4.45. The number of nitrogens with one attached hydrogen (secondary N) is 1. The average Bonchev–Trinajstić information content (AvgIpc) is 2.95. The fourth-order valence-electron chi connectivity index (χ4n) is 2.27. The van der Waals surface area contributed by atoms with E-state index in [0.29, 0.717) is 11.5 Å². The summed E-state index contributed by atoms with van der Waals surface area (Å²) in [6, 6.07) is 7.56. The minimum atomic E-state index is -0.201. The van der Waals surface area contributed by atoms with E-state index in [1.807, 2.05) is 31.3 Å². The van der Waals surface area contributed by atoms with Gasteiger partial charge in [0.15, 0.2) is 0 Å². The molecular weight excluding hydrogens is 290 g/mol. The summed E-state index contributed by atoms with van der Waals surface area (Å²) in [6.45, 7) is 8.14. The predicted octanol–water partition coefficient (Wildman–Crippen LogP) is 2.56. The first-order chi connectivity index (χ1) is 11.1. The number of carbonyl (C=O) groups is 1. The van der Waals surface area contributed by atoms with Crippen molar-refractivity contribution in [2.24, 2.45) is 0 Å². The fourth-order valence-corrected chi connectivity index (χ4v) is 2.27. The van der Waals surface area contributed by atoms with Crippen molar-refractivity contribution in [1.29, 1.82) is 0 Å². The maximum Gasteiger partial charge on any atom is 0.258 e. The zero-order chi connectivity index (χ0) is 16.7. The molecule has 0 aliphatic rings. The van der Waals surface area contributed by atoms with Crippen LogP contribution in [0.5, 0.6) is 0 Å². The van der Waals surface area contributed by atoms with Gasteiger partial charge in [-0.1, -0.05) is 25.1 Å². The van der Waals surface area contributed by atoms with Crippen molar-refractivity contribution in [2.45, 2.75) is 26.4 Å². The fraction of sp³-hybridized carbons (Fsp3) is 0.353. The van der Waals surface area contributed by atoms with E-state index in [2.05, 4.69) is 33.8 Å². The third kappa shape index (κ3) is 5.03. The first-order valence-corrected chi connectivity index (χ1v) is 7.71. The average molecular weight is 313 g/mol. The first kappa shape index (κ1) is 16.9. The molecule has 1 N–H and O–H groups in total. The van der Waals surface area contributed by atoms with Crippen molar-refractivity contribution in [3.05, 3.63) is 54.4 Å². The summed E-state index contributed by atoms with van der Waals surface area (Å²) < 4.78 is 1.72. The summed E-state index contributed by atoms with van der Waals surface area (Å²) in [5, 5.41) is 6.95. The quantitative estimate of drug-likeness (QED) is 0.761. The number of rotatable bonds is 8. The van der Waals surface area contributed by atoms with Crippen molar-refractivity contribution in [1.82, 2.24) is 19.7 Å². The summed E-state index contributed by atoms with van der Waals surface area (Å²) in [7, 11) is 2.01. The van der Waals surface area contributed by atoms with Crippen LogP contribution in [0.3, 0.4) is 0 Å². The third-order valence-corrected chi connectivity index (χ3v) is 3.30. The minimum Gasteiger partial charge on any atom is -0.298 e. The second-order valence-corrected chi connectivity index (χ2v) is 5.47. The number of nitrogens with zero attached hydrogens (tertiary/aromatic N) is 4. The molecule has 0 spiro atoms. The Bertz CT molecular complexity index is 665. The highest BCUT2D eigenvalue weighted by atomic mass is 16.1. The molecule has 0 saturated heterocycles. The number of benzene rings is 1. The lowest BCUT2D eigenvalue weighted by molar-refractivity contribution is 0.102. The Kier molecular flexibility index (Phi) is 6.05. The molecule has 0 bridgehead atoms. The number of anilines is 1. The standard InChI is InChI=1S/C17H23N5O/c1-4-9-21(3)12-14-7-6-8-15(11-14)16(23)19-17-18-13-22(20-17)10-5-2/h4,6-8,11,13H,1,5,9-10,12H2,2-3H3,(H,19,20,23). The molecule has 6 heteroatoms. The predicted molar refractivity (Wildman–Crippen MR) is 91.2 cm³/mol. The Balaban J connectivity index is 2.02. The molecule has 23 heavy (non-hydrogen) atoms. The molecule has 0 saturated carbocycles. The van der Waals surface area contributed by atoms with E-state index in [1.54, 1.807) is 17.1 Å². The highest BCUT2D eigenvalue weighted by Gasteiger charge is 2.10. The lowest BCUT2D eigenvalue weighted by Crippen LogP contribution is -2.18. The van der Waals surface area contributed by atoms with Crippen molar-refractivity contribution in [3.8, 4) is 0 Å². The molecular formula is C17H23N5O. The highest BCUT2D eigenvalue weighted by Crippen LogP contribution is 2.10. The van der Waals surface area contributed by atoms with Crippen LogP contribution in [0, 0.1) is 0 Å². The van der Waals surface area contributed by atoms with E-state index >= 15 is 0 Å². The highest BCUT2D eigenvalue weighted by molar-refractivity contribution is 6.03. The van der Waals surface area contributed by atoms with E-state index in [9.17, 15) is 4.79 Å². The third-order valence-electron chi connectivity index (χ3n) is 3.30.